The summed E-state index contributed by atoms with van der Waals surface area (Å²) in [5.74, 6) is -0.196. The summed E-state index contributed by atoms with van der Waals surface area (Å²) in [6, 6.07) is 6.19. The first-order chi connectivity index (χ1) is 11.7. The SMILES string of the molecule is N#CN1CC[C@H](C(=O)Nc2nc3ccc([SH]4C=CN=C4)cc3s2)C1. The lowest BCUT2D eigenvalue weighted by molar-refractivity contribution is -0.119. The summed E-state index contributed by atoms with van der Waals surface area (Å²) in [5.41, 5.74) is 2.86. The van der Waals surface area contributed by atoms with Crippen molar-refractivity contribution in [2.45, 2.75) is 11.3 Å². The summed E-state index contributed by atoms with van der Waals surface area (Å²) in [6.45, 7) is 1.14. The van der Waals surface area contributed by atoms with Gasteiger partial charge in [-0.25, -0.2) is 4.98 Å². The Hall–Kier alpha value is -2.37. The highest BCUT2D eigenvalue weighted by Crippen LogP contribution is 2.40. The number of carbonyl (C=O) groups is 1. The summed E-state index contributed by atoms with van der Waals surface area (Å²) >= 11 is 1.48. The van der Waals surface area contributed by atoms with Crippen LogP contribution >= 0.6 is 22.2 Å². The average Bonchev–Trinajstić information content (AvgIpc) is 3.33. The minimum absolute atomic E-state index is 0.0535. The van der Waals surface area contributed by atoms with Gasteiger partial charge in [0.15, 0.2) is 11.3 Å². The van der Waals surface area contributed by atoms with E-state index >= 15 is 0 Å². The molecule has 1 aromatic carbocycles. The van der Waals surface area contributed by atoms with E-state index in [1.54, 1.807) is 4.90 Å². The van der Waals surface area contributed by atoms with Crippen LogP contribution in [0, 0.1) is 17.4 Å². The van der Waals surface area contributed by atoms with Crippen molar-refractivity contribution in [3.63, 3.8) is 0 Å². The number of aromatic nitrogens is 1. The number of aliphatic imine (C=N–C) groups is 1. The first-order valence-corrected chi connectivity index (χ1v) is 9.87. The van der Waals surface area contributed by atoms with Gasteiger partial charge in [-0.05, 0) is 34.9 Å². The fraction of sp³-hybridized carbons (Fsp3) is 0.250. The van der Waals surface area contributed by atoms with Crippen molar-refractivity contribution in [1.82, 2.24) is 9.88 Å². The van der Waals surface area contributed by atoms with Crippen LogP contribution in [0.25, 0.3) is 10.2 Å². The van der Waals surface area contributed by atoms with Gasteiger partial charge in [-0.1, -0.05) is 11.3 Å². The maximum Gasteiger partial charge on any atom is 0.231 e. The van der Waals surface area contributed by atoms with Crippen molar-refractivity contribution in [3.05, 3.63) is 29.8 Å². The van der Waals surface area contributed by atoms with Crippen molar-refractivity contribution >= 4 is 49.0 Å². The minimum atomic E-state index is -0.452. The number of fused-ring (bicyclic) bond motifs is 1. The Balaban J connectivity index is 1.51. The summed E-state index contributed by atoms with van der Waals surface area (Å²) in [7, 11) is -0.452. The molecule has 2 aliphatic heterocycles. The second-order valence-electron chi connectivity index (χ2n) is 5.66. The van der Waals surface area contributed by atoms with Gasteiger partial charge in [0.05, 0.1) is 16.1 Å². The first kappa shape index (κ1) is 15.2. The van der Waals surface area contributed by atoms with Crippen LogP contribution in [0.4, 0.5) is 5.13 Å². The molecule has 122 valence electrons. The van der Waals surface area contributed by atoms with E-state index < -0.39 is 10.9 Å². The number of likely N-dealkylation sites (tertiary alicyclic amines) is 1. The molecule has 0 aliphatic carbocycles. The fourth-order valence-electron chi connectivity index (χ4n) is 2.81. The lowest BCUT2D eigenvalue weighted by Gasteiger charge is -2.08. The standard InChI is InChI=1S/C16H15N5OS2/c17-9-21-5-3-11(8-21)15(22)20-16-19-13-2-1-12(7-14(13)23-16)24-6-4-18-10-24/h1-2,4,6-7,10-11,24H,3,5,8H2,(H,19,20,22)/t11-/m0/s1. The van der Waals surface area contributed by atoms with Crippen LogP contribution < -0.4 is 5.32 Å². The summed E-state index contributed by atoms with van der Waals surface area (Å²) in [4.78, 5) is 23.8. The number of benzene rings is 1. The number of carbonyl (C=O) groups excluding carboxylic acids is 1. The average molecular weight is 357 g/mol. The summed E-state index contributed by atoms with van der Waals surface area (Å²) in [5, 5.41) is 14.5. The summed E-state index contributed by atoms with van der Waals surface area (Å²) in [6.07, 6.45) is 4.64. The van der Waals surface area contributed by atoms with Crippen LogP contribution in [-0.2, 0) is 4.79 Å². The molecule has 1 N–H and O–H groups in total. The topological polar surface area (TPSA) is 81.4 Å². The number of anilines is 1. The number of thiol groups is 1. The lowest BCUT2D eigenvalue weighted by atomic mass is 10.1. The van der Waals surface area contributed by atoms with Crippen molar-refractivity contribution in [2.24, 2.45) is 10.9 Å². The predicted octanol–water partition coefficient (Wildman–Crippen LogP) is 2.91. The van der Waals surface area contributed by atoms with E-state index in [0.29, 0.717) is 24.6 Å². The highest BCUT2D eigenvalue weighted by atomic mass is 32.2. The first-order valence-electron chi connectivity index (χ1n) is 7.57. The van der Waals surface area contributed by atoms with Gasteiger partial charge in [0.1, 0.15) is 0 Å². The molecule has 2 aromatic rings. The van der Waals surface area contributed by atoms with E-state index in [0.717, 1.165) is 10.2 Å². The second kappa shape index (κ2) is 6.26. The number of nitrogens with one attached hydrogen (secondary N) is 1. The molecule has 2 aliphatic rings. The van der Waals surface area contributed by atoms with Gasteiger partial charge >= 0.3 is 0 Å². The largest absolute Gasteiger partial charge is 0.310 e. The Bertz CT molecular complexity index is 885. The molecule has 1 aromatic heterocycles. The predicted molar refractivity (Wildman–Crippen MR) is 98.4 cm³/mol. The monoisotopic (exact) mass is 357 g/mol. The zero-order chi connectivity index (χ0) is 16.5. The third-order valence-electron chi connectivity index (χ3n) is 4.11. The number of amides is 1. The van der Waals surface area contributed by atoms with Crippen LogP contribution in [0.2, 0.25) is 0 Å². The van der Waals surface area contributed by atoms with Gasteiger partial charge in [-0.15, -0.1) is 0 Å². The van der Waals surface area contributed by atoms with Crippen molar-refractivity contribution in [2.75, 3.05) is 18.4 Å². The van der Waals surface area contributed by atoms with Gasteiger partial charge in [0.25, 0.3) is 0 Å². The quantitative estimate of drug-likeness (QED) is 0.654. The van der Waals surface area contributed by atoms with Crippen molar-refractivity contribution in [1.29, 1.82) is 5.26 Å². The fourth-order valence-corrected chi connectivity index (χ4v) is 5.16. The minimum Gasteiger partial charge on any atom is -0.310 e. The molecule has 1 amide bonds. The highest BCUT2D eigenvalue weighted by Gasteiger charge is 2.28. The number of hydrogen-bond acceptors (Lipinski definition) is 6. The second-order valence-corrected chi connectivity index (χ2v) is 8.55. The van der Waals surface area contributed by atoms with Gasteiger partial charge in [0.2, 0.25) is 5.91 Å². The molecular formula is C16H15N5OS2. The number of rotatable bonds is 3. The Morgan fingerprint density at radius 1 is 1.50 bits per heavy atom. The molecule has 1 unspecified atom stereocenters. The highest BCUT2D eigenvalue weighted by molar-refractivity contribution is 8.31. The van der Waals surface area contributed by atoms with E-state index in [4.69, 9.17) is 5.26 Å². The Morgan fingerprint density at radius 2 is 2.42 bits per heavy atom. The van der Waals surface area contributed by atoms with Crippen LogP contribution in [0.3, 0.4) is 0 Å². The van der Waals surface area contributed by atoms with E-state index in [2.05, 4.69) is 39.0 Å². The van der Waals surface area contributed by atoms with Crippen LogP contribution in [0.15, 0.2) is 39.7 Å². The lowest BCUT2D eigenvalue weighted by Crippen LogP contribution is -2.25. The van der Waals surface area contributed by atoms with E-state index in [1.165, 1.54) is 16.2 Å². The van der Waals surface area contributed by atoms with E-state index in [1.807, 2.05) is 17.8 Å². The van der Waals surface area contributed by atoms with E-state index in [-0.39, 0.29) is 11.8 Å². The van der Waals surface area contributed by atoms with Crippen LogP contribution in [0.5, 0.6) is 0 Å². The van der Waals surface area contributed by atoms with Crippen LogP contribution in [0.1, 0.15) is 6.42 Å². The Labute approximate surface area is 145 Å². The van der Waals surface area contributed by atoms with Gasteiger partial charge in [-0.3, -0.25) is 9.79 Å². The van der Waals surface area contributed by atoms with Crippen molar-refractivity contribution in [3.8, 4) is 6.19 Å². The smallest absolute Gasteiger partial charge is 0.231 e. The molecule has 1 saturated heterocycles. The number of thiazole rings is 1. The molecular weight excluding hydrogens is 342 g/mol. The third kappa shape index (κ3) is 2.88. The molecule has 24 heavy (non-hydrogen) atoms. The van der Waals surface area contributed by atoms with Crippen molar-refractivity contribution < 1.29 is 4.79 Å². The Kier molecular flexibility index (Phi) is 3.96. The summed E-state index contributed by atoms with van der Waals surface area (Å²) < 4.78 is 1.06. The molecule has 4 rings (SSSR count). The molecule has 0 bridgehead atoms. The maximum absolute atomic E-state index is 12.3. The molecule has 0 radical (unpaired) electrons. The normalized spacial score (nSPS) is 23.7. The Morgan fingerprint density at radius 3 is 3.17 bits per heavy atom. The molecule has 8 heteroatoms. The molecule has 2 atom stereocenters. The zero-order valence-electron chi connectivity index (χ0n) is 12.7. The maximum atomic E-state index is 12.3. The molecule has 0 saturated carbocycles. The number of hydrogen-bond donors (Lipinski definition) is 2. The van der Waals surface area contributed by atoms with Gasteiger partial charge in [0, 0.05) is 24.8 Å². The molecule has 1 fully saturated rings. The third-order valence-corrected chi connectivity index (χ3v) is 6.75. The van der Waals surface area contributed by atoms with Crippen LogP contribution in [-0.4, -0.2) is 34.4 Å². The number of nitrogens with zero attached hydrogens (tertiary/aromatic N) is 4. The number of nitriles is 1. The molecule has 3 heterocycles. The molecule has 6 nitrogen and oxygen atoms in total. The van der Waals surface area contributed by atoms with E-state index in [9.17, 15) is 4.79 Å². The zero-order valence-corrected chi connectivity index (χ0v) is 14.4. The van der Waals surface area contributed by atoms with Gasteiger partial charge < -0.3 is 10.2 Å². The molecule has 0 spiro atoms. The van der Waals surface area contributed by atoms with Gasteiger partial charge in [-0.2, -0.15) is 16.2 Å².